The molecular formula is C23H30N8O4. The van der Waals surface area contributed by atoms with Crippen LogP contribution >= 0.6 is 0 Å². The van der Waals surface area contributed by atoms with Crippen molar-refractivity contribution in [1.29, 1.82) is 0 Å². The van der Waals surface area contributed by atoms with Gasteiger partial charge in [-0.05, 0) is 75.6 Å². The Morgan fingerprint density at radius 1 is 1.06 bits per heavy atom. The smallest absolute Gasteiger partial charge is 0.356 e. The summed E-state index contributed by atoms with van der Waals surface area (Å²) < 4.78 is 13.6. The molecule has 1 N–H and O–H groups in total. The minimum absolute atomic E-state index is 0.123. The molecule has 0 bridgehead atoms. The van der Waals surface area contributed by atoms with Crippen molar-refractivity contribution in [3.63, 3.8) is 0 Å². The maximum absolute atomic E-state index is 11.4. The summed E-state index contributed by atoms with van der Waals surface area (Å²) in [5, 5.41) is 30.3. The lowest BCUT2D eigenvalue weighted by atomic mass is 9.87. The van der Waals surface area contributed by atoms with E-state index < -0.39 is 5.97 Å². The lowest BCUT2D eigenvalue weighted by molar-refractivity contribution is -0.143. The highest BCUT2D eigenvalue weighted by atomic mass is 16.5. The Balaban J connectivity index is 1.29. The first-order valence-electron chi connectivity index (χ1n) is 12.2. The van der Waals surface area contributed by atoms with E-state index in [4.69, 9.17) is 14.5 Å². The van der Waals surface area contributed by atoms with Crippen LogP contribution in [0.1, 0.15) is 62.8 Å². The van der Waals surface area contributed by atoms with Gasteiger partial charge in [-0.1, -0.05) is 15.4 Å². The van der Waals surface area contributed by atoms with Gasteiger partial charge in [0.05, 0.1) is 29.1 Å². The molecule has 2 aliphatic carbocycles. The van der Waals surface area contributed by atoms with Gasteiger partial charge in [-0.25, -0.2) is 9.67 Å². The maximum Gasteiger partial charge on any atom is 0.356 e. The molecule has 2 fully saturated rings. The van der Waals surface area contributed by atoms with E-state index in [9.17, 15) is 9.90 Å². The number of hydrogen-bond donors (Lipinski definition) is 1. The largest absolute Gasteiger partial charge is 0.489 e. The van der Waals surface area contributed by atoms with Crippen molar-refractivity contribution in [2.45, 2.75) is 77.0 Å². The second kappa shape index (κ2) is 9.96. The minimum atomic E-state index is -0.752. The second-order valence-corrected chi connectivity index (χ2v) is 9.36. The Bertz CT molecular complexity index is 1190. The van der Waals surface area contributed by atoms with E-state index >= 15 is 0 Å². The van der Waals surface area contributed by atoms with Gasteiger partial charge in [-0.2, -0.15) is 4.80 Å². The quantitative estimate of drug-likeness (QED) is 0.509. The fraction of sp³-hybridized carbons (Fsp3) is 0.609. The van der Waals surface area contributed by atoms with Gasteiger partial charge in [-0.15, -0.1) is 5.10 Å². The van der Waals surface area contributed by atoms with Gasteiger partial charge in [0.15, 0.2) is 0 Å². The highest BCUT2D eigenvalue weighted by molar-refractivity contribution is 5.70. The van der Waals surface area contributed by atoms with Gasteiger partial charge in [-0.3, -0.25) is 4.79 Å². The van der Waals surface area contributed by atoms with Crippen molar-refractivity contribution >= 4 is 5.97 Å². The fourth-order valence-electron chi connectivity index (χ4n) is 4.85. The van der Waals surface area contributed by atoms with Crippen LogP contribution in [-0.4, -0.2) is 63.5 Å². The van der Waals surface area contributed by atoms with Gasteiger partial charge < -0.3 is 14.6 Å². The van der Waals surface area contributed by atoms with E-state index in [-0.39, 0.29) is 24.1 Å². The van der Waals surface area contributed by atoms with E-state index in [0.29, 0.717) is 42.2 Å². The summed E-state index contributed by atoms with van der Waals surface area (Å²) in [5.41, 5.74) is 2.78. The van der Waals surface area contributed by atoms with Crippen LogP contribution in [0.25, 0.3) is 11.4 Å². The molecule has 5 rings (SSSR count). The number of aromatic nitrogens is 8. The average molecular weight is 483 g/mol. The number of carboxylic acid groups (broad SMARTS) is 1. The number of aliphatic carboxylic acids is 1. The van der Waals surface area contributed by atoms with Crippen molar-refractivity contribution in [3.05, 3.63) is 23.5 Å². The molecule has 35 heavy (non-hydrogen) atoms. The summed E-state index contributed by atoms with van der Waals surface area (Å²) >= 11 is 0. The van der Waals surface area contributed by atoms with Crippen LogP contribution in [-0.2, 0) is 18.4 Å². The highest BCUT2D eigenvalue weighted by Crippen LogP contribution is 2.30. The number of ether oxygens (including phenoxy) is 2. The lowest BCUT2D eigenvalue weighted by Crippen LogP contribution is -2.29. The van der Waals surface area contributed by atoms with E-state index in [2.05, 4.69) is 25.7 Å². The molecule has 0 amide bonds. The van der Waals surface area contributed by atoms with E-state index in [0.717, 1.165) is 31.4 Å². The Labute approximate surface area is 202 Å². The molecule has 0 spiro atoms. The van der Waals surface area contributed by atoms with Crippen LogP contribution < -0.4 is 9.47 Å². The minimum Gasteiger partial charge on any atom is -0.489 e. The molecule has 0 aliphatic heterocycles. The predicted molar refractivity (Wildman–Crippen MR) is 123 cm³/mol. The summed E-state index contributed by atoms with van der Waals surface area (Å²) in [6.45, 7) is 2.19. The third-order valence-corrected chi connectivity index (χ3v) is 6.79. The number of pyridine rings is 1. The Kier molecular flexibility index (Phi) is 6.60. The first kappa shape index (κ1) is 23.2. The van der Waals surface area contributed by atoms with Crippen LogP contribution in [0.2, 0.25) is 0 Å². The molecule has 2 saturated carbocycles. The Hall–Kier alpha value is -3.57. The third kappa shape index (κ3) is 5.25. The number of carboxylic acids is 1. The molecule has 3 aromatic heterocycles. The van der Waals surface area contributed by atoms with Crippen molar-refractivity contribution in [1.82, 2.24) is 40.2 Å². The van der Waals surface area contributed by atoms with Gasteiger partial charge in [0.2, 0.25) is 0 Å². The van der Waals surface area contributed by atoms with Crippen molar-refractivity contribution in [3.8, 4) is 23.1 Å². The molecule has 3 aromatic rings. The van der Waals surface area contributed by atoms with E-state index in [1.54, 1.807) is 4.68 Å². The summed E-state index contributed by atoms with van der Waals surface area (Å²) in [5.74, 6) is -0.447. The summed E-state index contributed by atoms with van der Waals surface area (Å²) in [6.07, 6.45) is 7.34. The van der Waals surface area contributed by atoms with Crippen LogP contribution in [0.15, 0.2) is 12.1 Å². The number of carbonyl (C=O) groups is 1. The molecular weight excluding hydrogens is 452 g/mol. The van der Waals surface area contributed by atoms with Crippen molar-refractivity contribution in [2.24, 2.45) is 13.0 Å². The van der Waals surface area contributed by atoms with E-state index in [1.807, 2.05) is 26.1 Å². The molecule has 3 heterocycles. The molecule has 12 nitrogen and oxygen atoms in total. The normalized spacial score (nSPS) is 20.7. The van der Waals surface area contributed by atoms with Gasteiger partial charge in [0.1, 0.15) is 24.1 Å². The molecule has 0 unspecified atom stereocenters. The van der Waals surface area contributed by atoms with Crippen LogP contribution in [0.4, 0.5) is 0 Å². The summed E-state index contributed by atoms with van der Waals surface area (Å²) in [7, 11) is 1.81. The second-order valence-electron chi connectivity index (χ2n) is 9.36. The molecule has 12 heteroatoms. The van der Waals surface area contributed by atoms with Gasteiger partial charge in [0, 0.05) is 7.05 Å². The van der Waals surface area contributed by atoms with E-state index in [1.165, 1.54) is 17.6 Å². The molecule has 0 saturated heterocycles. The monoisotopic (exact) mass is 482 g/mol. The zero-order valence-corrected chi connectivity index (χ0v) is 20.0. The number of tetrazole rings is 1. The zero-order valence-electron chi connectivity index (χ0n) is 20.0. The molecule has 2 aliphatic rings. The van der Waals surface area contributed by atoms with Gasteiger partial charge >= 0.3 is 12.0 Å². The first-order chi connectivity index (χ1) is 17.0. The summed E-state index contributed by atoms with van der Waals surface area (Å²) in [6, 6.07) is 4.00. The molecule has 0 aromatic carbocycles. The fourth-order valence-corrected chi connectivity index (χ4v) is 4.85. The van der Waals surface area contributed by atoms with Crippen LogP contribution in [0.3, 0.4) is 0 Å². The van der Waals surface area contributed by atoms with Crippen LogP contribution in [0, 0.1) is 12.8 Å². The topological polar surface area (TPSA) is 143 Å². The highest BCUT2D eigenvalue weighted by Gasteiger charge is 2.28. The molecule has 2 atom stereocenters. The number of hydrogen-bond acceptors (Lipinski definition) is 9. The van der Waals surface area contributed by atoms with Gasteiger partial charge in [0.25, 0.3) is 0 Å². The molecule has 0 radical (unpaired) electrons. The number of nitrogens with zero attached hydrogens (tertiary/aromatic N) is 8. The number of rotatable bonds is 8. The van der Waals surface area contributed by atoms with Crippen molar-refractivity contribution in [2.75, 3.05) is 0 Å². The standard InChI is InChI=1S/C23H30N8O4/c1-14-20(34-17-9-5-6-15(12-17)22(32)33)11-10-18(24-14)21-19(30(2)28-25-21)13-31-27-23(26-29-31)35-16-7-3-4-8-16/h10-11,15-17H,3-9,12-13H2,1-2H3,(H,32,33)/t15-,17-/m0/s1. The Morgan fingerprint density at radius 2 is 1.86 bits per heavy atom. The lowest BCUT2D eigenvalue weighted by Gasteiger charge is -2.27. The zero-order chi connectivity index (χ0) is 24.4. The van der Waals surface area contributed by atoms with Crippen LogP contribution in [0.5, 0.6) is 11.8 Å². The third-order valence-electron chi connectivity index (χ3n) is 6.79. The summed E-state index contributed by atoms with van der Waals surface area (Å²) in [4.78, 5) is 17.5. The average Bonchev–Trinajstić information content (AvgIpc) is 3.59. The first-order valence-corrected chi connectivity index (χ1v) is 12.2. The maximum atomic E-state index is 11.4. The SMILES string of the molecule is Cc1nc(-c2nnn(C)c2Cn2nnc(OC3CCCC3)n2)ccc1O[C@H]1CCC[C@H](C(=O)O)C1. The van der Waals surface area contributed by atoms with Crippen molar-refractivity contribution < 1.29 is 19.4 Å². The Morgan fingerprint density at radius 3 is 2.63 bits per heavy atom. The predicted octanol–water partition coefficient (Wildman–Crippen LogP) is 2.56. The number of aryl methyl sites for hydroxylation is 2. The molecule has 186 valence electrons.